The molecular formula is C33H32N6O4S3. The Balaban J connectivity index is 1.29. The molecule has 0 bridgehead atoms. The topological polar surface area (TPSA) is 111 Å². The van der Waals surface area contributed by atoms with Gasteiger partial charge in [0.2, 0.25) is 0 Å². The van der Waals surface area contributed by atoms with Crippen LogP contribution in [0, 0.1) is 13.8 Å². The number of aryl methyl sites for hydroxylation is 1. The van der Waals surface area contributed by atoms with E-state index in [0.29, 0.717) is 33.8 Å². The molecule has 46 heavy (non-hydrogen) atoms. The summed E-state index contributed by atoms with van der Waals surface area (Å²) in [5.74, 6) is 1.43. The predicted octanol–water partition coefficient (Wildman–Crippen LogP) is 6.42. The molecule has 0 fully saturated rings. The van der Waals surface area contributed by atoms with Crippen LogP contribution in [0.4, 0.5) is 0 Å². The molecule has 236 valence electrons. The van der Waals surface area contributed by atoms with Crippen LogP contribution in [0.5, 0.6) is 11.5 Å². The smallest absolute Gasteiger partial charge is 0.261 e. The van der Waals surface area contributed by atoms with E-state index in [0.717, 1.165) is 33.0 Å². The lowest BCUT2D eigenvalue weighted by Crippen LogP contribution is -2.29. The Bertz CT molecular complexity index is 1890. The minimum absolute atomic E-state index is 0.0640. The summed E-state index contributed by atoms with van der Waals surface area (Å²) in [5.41, 5.74) is 4.70. The van der Waals surface area contributed by atoms with Gasteiger partial charge in [-0.3, -0.25) is 14.2 Å². The molecule has 1 N–H and O–H groups in total. The van der Waals surface area contributed by atoms with Gasteiger partial charge in [-0.1, -0.05) is 48.2 Å². The Labute approximate surface area is 279 Å². The molecule has 1 aliphatic heterocycles. The third-order valence-electron chi connectivity index (χ3n) is 7.76. The van der Waals surface area contributed by atoms with Gasteiger partial charge < -0.3 is 14.8 Å². The highest BCUT2D eigenvalue weighted by atomic mass is 32.2. The lowest BCUT2D eigenvalue weighted by molar-refractivity contribution is -0.130. The van der Waals surface area contributed by atoms with Gasteiger partial charge in [0.15, 0.2) is 22.5 Å². The number of nitrogens with zero attached hydrogens (tertiary/aromatic N) is 5. The molecule has 4 heterocycles. The van der Waals surface area contributed by atoms with Crippen LogP contribution >= 0.6 is 34.4 Å². The van der Waals surface area contributed by atoms with Crippen LogP contribution in [0.25, 0.3) is 5.69 Å². The number of para-hydroxylation sites is 1. The number of thiophene rings is 2. The van der Waals surface area contributed by atoms with E-state index in [2.05, 4.69) is 15.5 Å². The molecule has 0 saturated carbocycles. The van der Waals surface area contributed by atoms with E-state index in [4.69, 9.17) is 14.6 Å². The van der Waals surface area contributed by atoms with Crippen molar-refractivity contribution in [3.8, 4) is 17.2 Å². The van der Waals surface area contributed by atoms with Gasteiger partial charge in [0.25, 0.3) is 11.8 Å². The molecular weight excluding hydrogens is 641 g/mol. The van der Waals surface area contributed by atoms with E-state index in [1.807, 2.05) is 83.8 Å². The zero-order valence-corrected chi connectivity index (χ0v) is 28.2. The Morgan fingerprint density at radius 1 is 0.978 bits per heavy atom. The number of nitrogens with one attached hydrogen (secondary N) is 1. The molecule has 0 unspecified atom stereocenters. The van der Waals surface area contributed by atoms with Crippen LogP contribution < -0.4 is 14.8 Å². The minimum Gasteiger partial charge on any atom is -0.493 e. The van der Waals surface area contributed by atoms with E-state index in [9.17, 15) is 9.59 Å². The summed E-state index contributed by atoms with van der Waals surface area (Å²) in [7, 11) is 3.19. The zero-order valence-electron chi connectivity index (χ0n) is 25.7. The highest BCUT2D eigenvalue weighted by Crippen LogP contribution is 2.42. The first-order valence-electron chi connectivity index (χ1n) is 14.5. The Morgan fingerprint density at radius 3 is 2.52 bits per heavy atom. The number of hydrazone groups is 1. The number of thioether (sulfide) groups is 1. The van der Waals surface area contributed by atoms with Crippen LogP contribution in [0.3, 0.4) is 0 Å². The number of carbonyl (C=O) groups excluding carboxylic acids is 2. The van der Waals surface area contributed by atoms with E-state index >= 15 is 0 Å². The summed E-state index contributed by atoms with van der Waals surface area (Å²) in [5, 5.41) is 22.7. The number of ether oxygens (including phenoxy) is 2. The highest BCUT2D eigenvalue weighted by molar-refractivity contribution is 7.99. The number of benzene rings is 2. The van der Waals surface area contributed by atoms with Crippen molar-refractivity contribution in [3.63, 3.8) is 0 Å². The first-order chi connectivity index (χ1) is 22.4. The van der Waals surface area contributed by atoms with Gasteiger partial charge in [-0.25, -0.2) is 5.01 Å². The van der Waals surface area contributed by atoms with Crippen molar-refractivity contribution < 1.29 is 19.1 Å². The Kier molecular flexibility index (Phi) is 9.52. The van der Waals surface area contributed by atoms with Crippen molar-refractivity contribution in [1.29, 1.82) is 0 Å². The zero-order chi connectivity index (χ0) is 32.2. The number of rotatable bonds is 11. The van der Waals surface area contributed by atoms with Gasteiger partial charge in [0.1, 0.15) is 0 Å². The lowest BCUT2D eigenvalue weighted by atomic mass is 9.99. The maximum Gasteiger partial charge on any atom is 0.261 e. The Hall–Kier alpha value is -4.46. The van der Waals surface area contributed by atoms with E-state index in [1.165, 1.54) is 23.1 Å². The quantitative estimate of drug-likeness (QED) is 0.161. The second-order valence-corrected chi connectivity index (χ2v) is 13.3. The number of methoxy groups -OCH3 is 2. The van der Waals surface area contributed by atoms with Crippen molar-refractivity contribution in [3.05, 3.63) is 104 Å². The fraction of sp³-hybridized carbons (Fsp3) is 0.242. The molecule has 1 atom stereocenters. The fourth-order valence-electron chi connectivity index (χ4n) is 5.32. The molecule has 6 rings (SSSR count). The summed E-state index contributed by atoms with van der Waals surface area (Å²) < 4.78 is 13.2. The monoisotopic (exact) mass is 672 g/mol. The summed E-state index contributed by atoms with van der Waals surface area (Å²) in [6.07, 6.45) is 0.535. The van der Waals surface area contributed by atoms with Crippen molar-refractivity contribution in [2.45, 2.75) is 38.0 Å². The summed E-state index contributed by atoms with van der Waals surface area (Å²) in [4.78, 5) is 28.4. The molecule has 10 nitrogen and oxygen atoms in total. The number of hydrogen-bond donors (Lipinski definition) is 1. The third kappa shape index (κ3) is 6.30. The maximum absolute atomic E-state index is 14.0. The Morgan fingerprint density at radius 2 is 1.78 bits per heavy atom. The normalized spacial score (nSPS) is 14.3. The van der Waals surface area contributed by atoms with Crippen LogP contribution in [0.15, 0.2) is 81.7 Å². The van der Waals surface area contributed by atoms with Crippen LogP contribution in [0.2, 0.25) is 0 Å². The van der Waals surface area contributed by atoms with Crippen molar-refractivity contribution in [2.24, 2.45) is 5.10 Å². The van der Waals surface area contributed by atoms with Gasteiger partial charge in [-0.15, -0.1) is 32.9 Å². The number of carbonyl (C=O) groups is 2. The molecule has 0 saturated heterocycles. The highest BCUT2D eigenvalue weighted by Gasteiger charge is 2.36. The standard InChI is InChI=1S/C33H32N6O4S3/c1-20-9-5-11-24(21(20)2)38-29(18-34-32(41)28-14-8-16-45-28)35-36-33(38)46-19-30(40)39-25(17-23(37-39)27-13-7-15-44-27)22-10-6-12-26(42-3)31(22)43-4/h5-16,25H,17-19H2,1-4H3,(H,34,41)/t25-/m1/s1. The minimum atomic E-state index is -0.379. The number of hydrogen-bond acceptors (Lipinski definition) is 10. The van der Waals surface area contributed by atoms with E-state index in [1.54, 1.807) is 36.6 Å². The van der Waals surface area contributed by atoms with Crippen LogP contribution in [-0.4, -0.2) is 57.3 Å². The van der Waals surface area contributed by atoms with Crippen LogP contribution in [-0.2, 0) is 11.3 Å². The average Bonchev–Trinajstić information content (AvgIpc) is 3.90. The van der Waals surface area contributed by atoms with Crippen molar-refractivity contribution in [2.75, 3.05) is 20.0 Å². The fourth-order valence-corrected chi connectivity index (χ4v) is 7.50. The van der Waals surface area contributed by atoms with Gasteiger partial charge in [-0.05, 0) is 60.0 Å². The summed E-state index contributed by atoms with van der Waals surface area (Å²) in [6, 6.07) is 18.9. The average molecular weight is 673 g/mol. The van der Waals surface area contributed by atoms with Crippen molar-refractivity contribution >= 4 is 52.0 Å². The molecule has 0 spiro atoms. The molecule has 3 aromatic heterocycles. The van der Waals surface area contributed by atoms with E-state index in [-0.39, 0.29) is 30.2 Å². The maximum atomic E-state index is 14.0. The first kappa shape index (κ1) is 31.5. The molecule has 13 heteroatoms. The third-order valence-corrected chi connectivity index (χ3v) is 10.5. The SMILES string of the molecule is COc1cccc([C@H]2CC(c3cccs3)=NN2C(=O)CSc2nnc(CNC(=O)c3cccs3)n2-c2cccc(C)c2C)c1OC. The van der Waals surface area contributed by atoms with Gasteiger partial charge in [0.05, 0.1) is 53.7 Å². The van der Waals surface area contributed by atoms with Gasteiger partial charge >= 0.3 is 0 Å². The molecule has 5 aromatic rings. The second kappa shape index (κ2) is 13.9. The second-order valence-electron chi connectivity index (χ2n) is 10.5. The summed E-state index contributed by atoms with van der Waals surface area (Å²) in [6.45, 7) is 4.25. The molecule has 2 aromatic carbocycles. The summed E-state index contributed by atoms with van der Waals surface area (Å²) >= 11 is 4.25. The van der Waals surface area contributed by atoms with Gasteiger partial charge in [0, 0.05) is 12.0 Å². The van der Waals surface area contributed by atoms with Crippen LogP contribution in [0.1, 0.15) is 49.5 Å². The molecule has 0 aliphatic carbocycles. The predicted molar refractivity (Wildman–Crippen MR) is 182 cm³/mol. The number of amides is 2. The molecule has 1 aliphatic rings. The molecule has 0 radical (unpaired) electrons. The first-order valence-corrected chi connectivity index (χ1v) is 17.2. The van der Waals surface area contributed by atoms with Crippen molar-refractivity contribution in [1.82, 2.24) is 25.1 Å². The largest absolute Gasteiger partial charge is 0.493 e. The lowest BCUT2D eigenvalue weighted by Gasteiger charge is -2.24. The number of aromatic nitrogens is 3. The molecule has 2 amide bonds. The van der Waals surface area contributed by atoms with E-state index < -0.39 is 0 Å². The van der Waals surface area contributed by atoms with Gasteiger partial charge in [-0.2, -0.15) is 5.10 Å².